The van der Waals surface area contributed by atoms with Gasteiger partial charge in [0.2, 0.25) is 0 Å². The molecule has 2 heterocycles. The quantitative estimate of drug-likeness (QED) is 0.930. The van der Waals surface area contributed by atoms with Crippen LogP contribution in [-0.4, -0.2) is 37.3 Å². The number of nitrogens with zero attached hydrogens (tertiary/aromatic N) is 4. The average Bonchev–Trinajstić information content (AvgIpc) is 3.05. The summed E-state index contributed by atoms with van der Waals surface area (Å²) in [6.45, 7) is 0.967. The molecule has 0 radical (unpaired) electrons. The summed E-state index contributed by atoms with van der Waals surface area (Å²) < 4.78 is 2.15. The minimum absolute atomic E-state index is 0.374. The molecule has 6 heteroatoms. The van der Waals surface area contributed by atoms with Crippen LogP contribution in [0.3, 0.4) is 0 Å². The molecule has 1 aliphatic rings. The molecule has 0 amide bonds. The van der Waals surface area contributed by atoms with Crippen LogP contribution in [0.5, 0.6) is 0 Å². The van der Waals surface area contributed by atoms with E-state index in [1.807, 2.05) is 25.0 Å². The van der Waals surface area contributed by atoms with Crippen molar-refractivity contribution >= 4 is 28.6 Å². The van der Waals surface area contributed by atoms with E-state index < -0.39 is 0 Å². The standard InChI is InChI=1S/C13H19N5S/c1-18-12-10(7-17-18)11(15-9-16-12)14-8-13(19-2)5-3-4-6-13/h7,9H,3-6,8H2,1-2H3,(H,14,15,16). The molecule has 0 spiro atoms. The van der Waals surface area contributed by atoms with E-state index in [0.29, 0.717) is 4.75 Å². The molecule has 0 bridgehead atoms. The van der Waals surface area contributed by atoms with Crippen molar-refractivity contribution in [1.29, 1.82) is 0 Å². The first-order valence-corrected chi connectivity index (χ1v) is 7.88. The molecule has 2 aromatic heterocycles. The highest BCUT2D eigenvalue weighted by molar-refractivity contribution is 8.00. The molecule has 1 aliphatic carbocycles. The zero-order chi connectivity index (χ0) is 13.3. The van der Waals surface area contributed by atoms with E-state index in [1.54, 1.807) is 11.0 Å². The van der Waals surface area contributed by atoms with Gasteiger partial charge in [0.25, 0.3) is 0 Å². The van der Waals surface area contributed by atoms with Gasteiger partial charge >= 0.3 is 0 Å². The van der Waals surface area contributed by atoms with Crippen LogP contribution in [0.1, 0.15) is 25.7 Å². The van der Waals surface area contributed by atoms with Gasteiger partial charge in [-0.2, -0.15) is 16.9 Å². The third kappa shape index (κ3) is 2.29. The topological polar surface area (TPSA) is 55.6 Å². The predicted molar refractivity (Wildman–Crippen MR) is 79.5 cm³/mol. The summed E-state index contributed by atoms with van der Waals surface area (Å²) in [5.74, 6) is 0.901. The van der Waals surface area contributed by atoms with E-state index >= 15 is 0 Å². The van der Waals surface area contributed by atoms with E-state index in [1.165, 1.54) is 25.7 Å². The highest BCUT2D eigenvalue weighted by atomic mass is 32.2. The van der Waals surface area contributed by atoms with Crippen molar-refractivity contribution in [3.05, 3.63) is 12.5 Å². The SMILES string of the molecule is CSC1(CNc2ncnc3c2cnn3C)CCCC1. The molecular weight excluding hydrogens is 258 g/mol. The lowest BCUT2D eigenvalue weighted by Gasteiger charge is -2.27. The first-order chi connectivity index (χ1) is 9.24. The van der Waals surface area contributed by atoms with E-state index in [2.05, 4.69) is 26.6 Å². The summed E-state index contributed by atoms with van der Waals surface area (Å²) in [5, 5.41) is 8.75. The lowest BCUT2D eigenvalue weighted by atomic mass is 10.1. The number of nitrogens with one attached hydrogen (secondary N) is 1. The van der Waals surface area contributed by atoms with Gasteiger partial charge < -0.3 is 5.32 Å². The maximum absolute atomic E-state index is 4.36. The number of hydrogen-bond acceptors (Lipinski definition) is 5. The second-order valence-corrected chi connectivity index (χ2v) is 6.45. The van der Waals surface area contributed by atoms with Crippen LogP contribution in [0, 0.1) is 0 Å². The van der Waals surface area contributed by atoms with Crippen molar-refractivity contribution < 1.29 is 0 Å². The van der Waals surface area contributed by atoms with E-state index in [0.717, 1.165) is 23.4 Å². The van der Waals surface area contributed by atoms with Crippen molar-refractivity contribution in [3.63, 3.8) is 0 Å². The minimum Gasteiger partial charge on any atom is -0.368 e. The molecule has 0 atom stereocenters. The normalized spacial score (nSPS) is 18.0. The Kier molecular flexibility index (Phi) is 3.35. The zero-order valence-electron chi connectivity index (χ0n) is 11.4. The van der Waals surface area contributed by atoms with Crippen LogP contribution in [0.25, 0.3) is 11.0 Å². The van der Waals surface area contributed by atoms with Crippen molar-refractivity contribution in [2.45, 2.75) is 30.4 Å². The van der Waals surface area contributed by atoms with Gasteiger partial charge in [-0.15, -0.1) is 0 Å². The molecule has 0 saturated heterocycles. The lowest BCUT2D eigenvalue weighted by molar-refractivity contribution is 0.639. The van der Waals surface area contributed by atoms with Crippen LogP contribution >= 0.6 is 11.8 Å². The van der Waals surface area contributed by atoms with Gasteiger partial charge in [0.15, 0.2) is 5.65 Å². The van der Waals surface area contributed by atoms with Gasteiger partial charge in [-0.1, -0.05) is 12.8 Å². The number of thioether (sulfide) groups is 1. The van der Waals surface area contributed by atoms with E-state index in [4.69, 9.17) is 0 Å². The number of aromatic nitrogens is 4. The number of anilines is 1. The smallest absolute Gasteiger partial charge is 0.163 e. The van der Waals surface area contributed by atoms with Crippen LogP contribution in [-0.2, 0) is 7.05 Å². The summed E-state index contributed by atoms with van der Waals surface area (Å²) in [6.07, 6.45) is 10.9. The Morgan fingerprint density at radius 2 is 2.16 bits per heavy atom. The first-order valence-electron chi connectivity index (χ1n) is 6.66. The molecular formula is C13H19N5S. The maximum atomic E-state index is 4.36. The van der Waals surface area contributed by atoms with Crippen molar-refractivity contribution in [3.8, 4) is 0 Å². The molecule has 3 rings (SSSR count). The summed E-state index contributed by atoms with van der Waals surface area (Å²) in [4.78, 5) is 8.62. The molecule has 1 N–H and O–H groups in total. The second-order valence-electron chi connectivity index (χ2n) is 5.18. The van der Waals surface area contributed by atoms with Gasteiger partial charge in [-0.05, 0) is 19.1 Å². The average molecular weight is 277 g/mol. The number of fused-ring (bicyclic) bond motifs is 1. The van der Waals surface area contributed by atoms with E-state index in [9.17, 15) is 0 Å². The largest absolute Gasteiger partial charge is 0.368 e. The molecule has 0 aliphatic heterocycles. The Morgan fingerprint density at radius 1 is 1.37 bits per heavy atom. The summed E-state index contributed by atoms with van der Waals surface area (Å²) in [6, 6.07) is 0. The minimum atomic E-state index is 0.374. The van der Waals surface area contributed by atoms with Gasteiger partial charge in [-0.25, -0.2) is 9.97 Å². The number of aryl methyl sites for hydroxylation is 1. The van der Waals surface area contributed by atoms with E-state index in [-0.39, 0.29) is 0 Å². The number of hydrogen-bond donors (Lipinski definition) is 1. The Morgan fingerprint density at radius 3 is 2.89 bits per heavy atom. The Balaban J connectivity index is 1.82. The maximum Gasteiger partial charge on any atom is 0.163 e. The molecule has 102 valence electrons. The van der Waals surface area contributed by atoms with Crippen molar-refractivity contribution in [2.75, 3.05) is 18.1 Å². The third-order valence-electron chi connectivity index (χ3n) is 4.06. The van der Waals surface area contributed by atoms with Crippen molar-refractivity contribution in [2.24, 2.45) is 7.05 Å². The predicted octanol–water partition coefficient (Wildman–Crippen LogP) is 2.45. The molecule has 0 unspecified atom stereocenters. The Bertz CT molecular complexity index is 573. The molecule has 19 heavy (non-hydrogen) atoms. The van der Waals surface area contributed by atoms with Crippen LogP contribution in [0.15, 0.2) is 12.5 Å². The van der Waals surface area contributed by atoms with Crippen LogP contribution in [0.2, 0.25) is 0 Å². The third-order valence-corrected chi connectivity index (χ3v) is 5.47. The summed E-state index contributed by atoms with van der Waals surface area (Å²) in [7, 11) is 1.90. The summed E-state index contributed by atoms with van der Waals surface area (Å²) >= 11 is 1.98. The monoisotopic (exact) mass is 277 g/mol. The van der Waals surface area contributed by atoms with Gasteiger partial charge in [0.05, 0.1) is 11.6 Å². The molecule has 0 aromatic carbocycles. The Labute approximate surface area is 117 Å². The first kappa shape index (κ1) is 12.7. The molecule has 2 aromatic rings. The second kappa shape index (κ2) is 5.00. The molecule has 5 nitrogen and oxygen atoms in total. The molecule has 1 saturated carbocycles. The fourth-order valence-electron chi connectivity index (χ4n) is 2.82. The molecule has 1 fully saturated rings. The lowest BCUT2D eigenvalue weighted by Crippen LogP contribution is -2.30. The fourth-order valence-corrected chi connectivity index (χ4v) is 3.73. The van der Waals surface area contributed by atoms with Gasteiger partial charge in [0.1, 0.15) is 12.1 Å². The van der Waals surface area contributed by atoms with Crippen LogP contribution < -0.4 is 5.32 Å². The van der Waals surface area contributed by atoms with Gasteiger partial charge in [-0.3, -0.25) is 4.68 Å². The fraction of sp³-hybridized carbons (Fsp3) is 0.615. The summed E-state index contributed by atoms with van der Waals surface area (Å²) in [5.41, 5.74) is 0.877. The van der Waals surface area contributed by atoms with Crippen molar-refractivity contribution in [1.82, 2.24) is 19.7 Å². The number of rotatable bonds is 4. The highest BCUT2D eigenvalue weighted by Crippen LogP contribution is 2.40. The van der Waals surface area contributed by atoms with Gasteiger partial charge in [0, 0.05) is 18.3 Å². The van der Waals surface area contributed by atoms with Crippen LogP contribution in [0.4, 0.5) is 5.82 Å². The Hall–Kier alpha value is -1.30. The zero-order valence-corrected chi connectivity index (χ0v) is 12.2. The highest BCUT2D eigenvalue weighted by Gasteiger charge is 2.32.